The van der Waals surface area contributed by atoms with Crippen molar-refractivity contribution in [2.45, 2.75) is 24.4 Å². The van der Waals surface area contributed by atoms with Gasteiger partial charge in [-0.05, 0) is 0 Å². The number of hydrogen-bond acceptors (Lipinski definition) is 8. The molecule has 3 N–H and O–H groups in total. The fraction of sp³-hybridized carbons (Fsp3) is 0.417. The Bertz CT molecular complexity index is 809. The molecular formula is C12H11FN5O4P. The molecule has 0 aliphatic carbocycles. The van der Waals surface area contributed by atoms with E-state index in [0.29, 0.717) is 0 Å². The summed E-state index contributed by atoms with van der Waals surface area (Å²) < 4.78 is 35.7. The van der Waals surface area contributed by atoms with Crippen LogP contribution in [0, 0.1) is 18.4 Å². The number of imidazole rings is 1. The summed E-state index contributed by atoms with van der Waals surface area (Å²) in [6.45, 7) is -0.273. The Hall–Kier alpha value is -2.18. The van der Waals surface area contributed by atoms with E-state index in [1.807, 2.05) is 0 Å². The molecule has 2 aromatic rings. The lowest BCUT2D eigenvalue weighted by atomic mass is 9.99. The lowest BCUT2D eigenvalue weighted by Gasteiger charge is -2.24. The number of fused-ring (bicyclic) bond motifs is 1. The molecule has 120 valence electrons. The average molecular weight is 339 g/mol. The van der Waals surface area contributed by atoms with E-state index < -0.39 is 32.7 Å². The first-order chi connectivity index (χ1) is 11.0. The molecule has 0 amide bonds. The third-order valence-corrected chi connectivity index (χ3v) is 3.85. The van der Waals surface area contributed by atoms with Gasteiger partial charge in [-0.2, -0.15) is 14.4 Å². The Morgan fingerprint density at radius 2 is 2.48 bits per heavy atom. The van der Waals surface area contributed by atoms with E-state index in [0.717, 1.165) is 0 Å². The van der Waals surface area contributed by atoms with E-state index in [-0.39, 0.29) is 30.0 Å². The SMILES string of the molecule is C#C[C@]1(COP=O)O[C@@H](n2cnc3c(N)nc(F)nc32)C[C@@H]1O. The van der Waals surface area contributed by atoms with Crippen molar-refractivity contribution in [3.8, 4) is 12.3 Å². The molecule has 0 saturated carbocycles. The van der Waals surface area contributed by atoms with Crippen molar-refractivity contribution in [3.05, 3.63) is 12.4 Å². The van der Waals surface area contributed by atoms with Crippen LogP contribution in [0.4, 0.5) is 10.2 Å². The van der Waals surface area contributed by atoms with Crippen LogP contribution in [0.5, 0.6) is 0 Å². The predicted octanol–water partition coefficient (Wildman–Crippen LogP) is 0.423. The number of ether oxygens (including phenoxy) is 1. The van der Waals surface area contributed by atoms with Crippen molar-refractivity contribution < 1.29 is 23.3 Å². The zero-order chi connectivity index (χ0) is 16.6. The molecule has 0 radical (unpaired) electrons. The molecule has 1 aliphatic heterocycles. The predicted molar refractivity (Wildman–Crippen MR) is 75.6 cm³/mol. The minimum absolute atomic E-state index is 0.0836. The molecule has 1 saturated heterocycles. The fourth-order valence-electron chi connectivity index (χ4n) is 2.47. The number of anilines is 1. The second-order valence-corrected chi connectivity index (χ2v) is 5.32. The Balaban J connectivity index is 1.98. The molecule has 23 heavy (non-hydrogen) atoms. The van der Waals surface area contributed by atoms with E-state index in [1.165, 1.54) is 10.9 Å². The largest absolute Gasteiger partial charge is 0.389 e. The molecule has 0 bridgehead atoms. The van der Waals surface area contributed by atoms with Gasteiger partial charge >= 0.3 is 14.8 Å². The van der Waals surface area contributed by atoms with Crippen LogP contribution >= 0.6 is 8.69 Å². The van der Waals surface area contributed by atoms with Crippen molar-refractivity contribution in [1.29, 1.82) is 0 Å². The standard InChI is InChI=1S/C12H11FN5O4P/c1-2-12(4-21-23-20)6(19)3-7(22-12)18-5-15-8-9(14)16-11(13)17-10(8)18/h1,5-7,19H,3-4H2,(H2,14,16,17)/t6-,7+,12+/m0/s1. The molecule has 2 aromatic heterocycles. The van der Waals surface area contributed by atoms with Crippen LogP contribution in [-0.2, 0) is 13.8 Å². The summed E-state index contributed by atoms with van der Waals surface area (Å²) in [6, 6.07) is 0. The van der Waals surface area contributed by atoms with Gasteiger partial charge in [0.15, 0.2) is 22.6 Å². The van der Waals surface area contributed by atoms with Crippen LogP contribution in [0.15, 0.2) is 6.33 Å². The normalized spacial score (nSPS) is 27.5. The summed E-state index contributed by atoms with van der Waals surface area (Å²) in [5.74, 6) is 2.21. The second kappa shape index (κ2) is 5.79. The average Bonchev–Trinajstić information content (AvgIpc) is 3.07. The van der Waals surface area contributed by atoms with Crippen LogP contribution in [0.25, 0.3) is 11.2 Å². The summed E-state index contributed by atoms with van der Waals surface area (Å²) >= 11 is 0. The molecule has 0 aromatic carbocycles. The Labute approximate surface area is 130 Å². The number of aliphatic hydroxyl groups excluding tert-OH is 1. The Kier molecular flexibility index (Phi) is 3.95. The Morgan fingerprint density at radius 3 is 3.17 bits per heavy atom. The molecule has 1 aliphatic rings. The van der Waals surface area contributed by atoms with Crippen LogP contribution in [0.2, 0.25) is 0 Å². The summed E-state index contributed by atoms with van der Waals surface area (Å²) in [4.78, 5) is 11.1. The molecule has 1 fully saturated rings. The number of nitrogens with two attached hydrogens (primary N) is 1. The van der Waals surface area contributed by atoms with Gasteiger partial charge in [0.2, 0.25) is 0 Å². The molecule has 9 nitrogen and oxygen atoms in total. The third kappa shape index (κ3) is 2.54. The van der Waals surface area contributed by atoms with Crippen molar-refractivity contribution in [2.24, 2.45) is 0 Å². The van der Waals surface area contributed by atoms with E-state index in [1.54, 1.807) is 0 Å². The molecule has 3 atom stereocenters. The van der Waals surface area contributed by atoms with Crippen molar-refractivity contribution in [2.75, 3.05) is 12.3 Å². The number of rotatable bonds is 4. The smallest absolute Gasteiger partial charge is 0.327 e. The van der Waals surface area contributed by atoms with Crippen LogP contribution in [0.3, 0.4) is 0 Å². The first kappa shape index (κ1) is 15.7. The first-order valence-electron chi connectivity index (χ1n) is 6.44. The Morgan fingerprint density at radius 1 is 1.70 bits per heavy atom. The lowest BCUT2D eigenvalue weighted by Crippen LogP contribution is -2.41. The van der Waals surface area contributed by atoms with E-state index >= 15 is 0 Å². The number of nitrogens with zero attached hydrogens (tertiary/aromatic N) is 4. The molecule has 0 unspecified atom stereocenters. The van der Waals surface area contributed by atoms with Gasteiger partial charge in [-0.15, -0.1) is 6.42 Å². The van der Waals surface area contributed by atoms with Gasteiger partial charge < -0.3 is 15.6 Å². The lowest BCUT2D eigenvalue weighted by molar-refractivity contribution is -0.0824. The summed E-state index contributed by atoms with van der Waals surface area (Å²) in [6.07, 6.45) is 3.99. The van der Waals surface area contributed by atoms with E-state index in [9.17, 15) is 14.1 Å². The second-order valence-electron chi connectivity index (χ2n) is 4.91. The number of nitrogen functional groups attached to an aromatic ring is 1. The third-order valence-electron chi connectivity index (χ3n) is 3.62. The highest BCUT2D eigenvalue weighted by atomic mass is 31.1. The van der Waals surface area contributed by atoms with Crippen molar-refractivity contribution in [3.63, 3.8) is 0 Å². The van der Waals surface area contributed by atoms with Gasteiger partial charge in [-0.3, -0.25) is 9.09 Å². The first-order valence-corrected chi connectivity index (χ1v) is 7.17. The number of terminal acetylenes is 1. The number of hydrogen-bond donors (Lipinski definition) is 2. The topological polar surface area (TPSA) is 125 Å². The number of aromatic nitrogens is 4. The maximum Gasteiger partial charge on any atom is 0.327 e. The summed E-state index contributed by atoms with van der Waals surface area (Å²) in [5.41, 5.74) is 4.44. The van der Waals surface area contributed by atoms with E-state index in [2.05, 4.69) is 20.9 Å². The number of aliphatic hydroxyl groups is 1. The van der Waals surface area contributed by atoms with Crippen LogP contribution in [-0.4, -0.2) is 42.9 Å². The maximum atomic E-state index is 13.4. The molecule has 11 heteroatoms. The van der Waals surface area contributed by atoms with Gasteiger partial charge in [0.05, 0.1) is 6.33 Å². The minimum atomic E-state index is -1.48. The highest BCUT2D eigenvalue weighted by molar-refractivity contribution is 7.17. The van der Waals surface area contributed by atoms with Gasteiger partial charge in [-0.25, -0.2) is 9.55 Å². The quantitative estimate of drug-likeness (QED) is 0.466. The van der Waals surface area contributed by atoms with E-state index in [4.69, 9.17) is 21.4 Å². The molecule has 3 heterocycles. The monoisotopic (exact) mass is 339 g/mol. The zero-order valence-corrected chi connectivity index (χ0v) is 12.5. The van der Waals surface area contributed by atoms with Crippen molar-refractivity contribution >= 4 is 25.7 Å². The number of halogens is 1. The van der Waals surface area contributed by atoms with Crippen LogP contribution in [0.1, 0.15) is 12.6 Å². The molecule has 3 rings (SSSR count). The van der Waals surface area contributed by atoms with Crippen molar-refractivity contribution in [1.82, 2.24) is 19.5 Å². The summed E-state index contributed by atoms with van der Waals surface area (Å²) in [7, 11) is -0.586. The minimum Gasteiger partial charge on any atom is -0.389 e. The molecule has 0 spiro atoms. The van der Waals surface area contributed by atoms with Crippen LogP contribution < -0.4 is 5.73 Å². The van der Waals surface area contributed by atoms with Gasteiger partial charge in [0, 0.05) is 6.42 Å². The van der Waals surface area contributed by atoms with Gasteiger partial charge in [-0.1, -0.05) is 5.92 Å². The highest BCUT2D eigenvalue weighted by Gasteiger charge is 2.48. The zero-order valence-electron chi connectivity index (χ0n) is 11.6. The van der Waals surface area contributed by atoms with Gasteiger partial charge in [0.25, 0.3) is 0 Å². The maximum absolute atomic E-state index is 13.4. The highest BCUT2D eigenvalue weighted by Crippen LogP contribution is 2.38. The summed E-state index contributed by atoms with van der Waals surface area (Å²) in [5, 5.41) is 10.2. The van der Waals surface area contributed by atoms with Gasteiger partial charge in [0.1, 0.15) is 18.9 Å². The molecular weight excluding hydrogens is 328 g/mol. The fourth-order valence-corrected chi connectivity index (χ4v) is 2.71.